The molecule has 2 heterocycles. The minimum atomic E-state index is -0.900. The summed E-state index contributed by atoms with van der Waals surface area (Å²) in [5.41, 5.74) is 0.713. The first-order valence-corrected chi connectivity index (χ1v) is 7.47. The highest BCUT2D eigenvalue weighted by Gasteiger charge is 2.28. The second kappa shape index (κ2) is 6.37. The zero-order chi connectivity index (χ0) is 17.2. The van der Waals surface area contributed by atoms with Gasteiger partial charge in [0.25, 0.3) is 5.91 Å². The Morgan fingerprint density at radius 1 is 1.29 bits per heavy atom. The minimum Gasteiger partial charge on any atom is -0.394 e. The number of carbonyl (C=O) groups excluding carboxylic acids is 1. The van der Waals surface area contributed by atoms with Gasteiger partial charge in [-0.3, -0.25) is 4.79 Å². The van der Waals surface area contributed by atoms with Crippen molar-refractivity contribution in [3.8, 4) is 0 Å². The molecule has 3 rings (SSSR count). The van der Waals surface area contributed by atoms with Crippen LogP contribution in [0.5, 0.6) is 0 Å². The summed E-state index contributed by atoms with van der Waals surface area (Å²) in [6.07, 6.45) is 3.35. The van der Waals surface area contributed by atoms with Gasteiger partial charge in [0.2, 0.25) is 0 Å². The van der Waals surface area contributed by atoms with E-state index in [2.05, 4.69) is 20.3 Å². The van der Waals surface area contributed by atoms with Gasteiger partial charge in [0.05, 0.1) is 17.5 Å². The molecule has 7 heteroatoms. The number of aromatic amines is 1. The SMILES string of the molecule is CC(CO)(Cc1ccc(F)cc1)NC(=O)c1ncnc2[nH]ccc12. The van der Waals surface area contributed by atoms with Crippen molar-refractivity contribution in [3.05, 3.63) is 59.9 Å². The molecule has 0 radical (unpaired) electrons. The number of halogens is 1. The van der Waals surface area contributed by atoms with Crippen LogP contribution in [0.2, 0.25) is 0 Å². The molecule has 0 aliphatic rings. The third-order valence-electron chi connectivity index (χ3n) is 3.84. The van der Waals surface area contributed by atoms with Gasteiger partial charge in [-0.1, -0.05) is 12.1 Å². The summed E-state index contributed by atoms with van der Waals surface area (Å²) < 4.78 is 13.0. The Morgan fingerprint density at radius 2 is 2.04 bits per heavy atom. The standard InChI is InChI=1S/C17H17FN4O2/c1-17(9-23,8-11-2-4-12(18)5-3-11)22-16(24)14-13-6-7-19-15(13)21-10-20-14/h2-7,10,23H,8-9H2,1H3,(H,22,24)(H,19,20,21). The lowest BCUT2D eigenvalue weighted by Crippen LogP contribution is -2.50. The highest BCUT2D eigenvalue weighted by atomic mass is 19.1. The molecule has 6 nitrogen and oxygen atoms in total. The van der Waals surface area contributed by atoms with E-state index in [4.69, 9.17) is 0 Å². The molecule has 1 atom stereocenters. The highest BCUT2D eigenvalue weighted by Crippen LogP contribution is 2.17. The highest BCUT2D eigenvalue weighted by molar-refractivity contribution is 6.03. The second-order valence-electron chi connectivity index (χ2n) is 5.94. The van der Waals surface area contributed by atoms with Crippen LogP contribution < -0.4 is 5.32 Å². The van der Waals surface area contributed by atoms with Crippen LogP contribution in [-0.2, 0) is 6.42 Å². The number of nitrogens with zero attached hydrogens (tertiary/aromatic N) is 2. The van der Waals surface area contributed by atoms with E-state index in [1.807, 2.05) is 0 Å². The van der Waals surface area contributed by atoms with Crippen molar-refractivity contribution in [1.82, 2.24) is 20.3 Å². The molecule has 0 bridgehead atoms. The van der Waals surface area contributed by atoms with Crippen LogP contribution in [-0.4, -0.2) is 38.1 Å². The van der Waals surface area contributed by atoms with Crippen LogP contribution in [0.15, 0.2) is 42.9 Å². The number of amides is 1. The normalized spacial score (nSPS) is 13.6. The topological polar surface area (TPSA) is 90.9 Å². The van der Waals surface area contributed by atoms with Gasteiger partial charge in [0.1, 0.15) is 23.5 Å². The van der Waals surface area contributed by atoms with E-state index in [0.717, 1.165) is 5.56 Å². The monoisotopic (exact) mass is 328 g/mol. The maximum absolute atomic E-state index is 13.0. The molecule has 2 aromatic heterocycles. The maximum atomic E-state index is 13.0. The Morgan fingerprint density at radius 3 is 2.75 bits per heavy atom. The van der Waals surface area contributed by atoms with E-state index in [1.165, 1.54) is 18.5 Å². The fraction of sp³-hybridized carbons (Fsp3) is 0.235. The molecular formula is C17H17FN4O2. The molecule has 24 heavy (non-hydrogen) atoms. The van der Waals surface area contributed by atoms with Crippen LogP contribution in [0.4, 0.5) is 4.39 Å². The van der Waals surface area contributed by atoms with Crippen molar-refractivity contribution < 1.29 is 14.3 Å². The lowest BCUT2D eigenvalue weighted by atomic mass is 9.93. The van der Waals surface area contributed by atoms with Gasteiger partial charge >= 0.3 is 0 Å². The van der Waals surface area contributed by atoms with E-state index < -0.39 is 11.4 Å². The van der Waals surface area contributed by atoms with Crippen molar-refractivity contribution >= 4 is 16.9 Å². The Kier molecular flexibility index (Phi) is 4.26. The number of hydrogen-bond donors (Lipinski definition) is 3. The number of carbonyl (C=O) groups is 1. The third-order valence-corrected chi connectivity index (χ3v) is 3.84. The van der Waals surface area contributed by atoms with Crippen molar-refractivity contribution in [3.63, 3.8) is 0 Å². The molecule has 124 valence electrons. The van der Waals surface area contributed by atoms with Gasteiger partial charge in [0, 0.05) is 6.20 Å². The van der Waals surface area contributed by atoms with Crippen LogP contribution in [0.25, 0.3) is 11.0 Å². The van der Waals surface area contributed by atoms with Crippen molar-refractivity contribution in [2.75, 3.05) is 6.61 Å². The first kappa shape index (κ1) is 16.1. The summed E-state index contributed by atoms with van der Waals surface area (Å²) in [4.78, 5) is 23.6. The predicted molar refractivity (Wildman–Crippen MR) is 86.9 cm³/mol. The van der Waals surface area contributed by atoms with E-state index in [9.17, 15) is 14.3 Å². The third kappa shape index (κ3) is 3.26. The van der Waals surface area contributed by atoms with Gasteiger partial charge in [0.15, 0.2) is 0 Å². The van der Waals surface area contributed by atoms with Gasteiger partial charge in [-0.25, -0.2) is 14.4 Å². The summed E-state index contributed by atoms with van der Waals surface area (Å²) in [6.45, 7) is 1.46. The average Bonchev–Trinajstić information content (AvgIpc) is 3.05. The van der Waals surface area contributed by atoms with E-state index >= 15 is 0 Å². The Hall–Kier alpha value is -2.80. The molecule has 3 N–H and O–H groups in total. The van der Waals surface area contributed by atoms with Gasteiger partial charge < -0.3 is 15.4 Å². The van der Waals surface area contributed by atoms with Gasteiger partial charge in [-0.2, -0.15) is 0 Å². The number of nitrogens with one attached hydrogen (secondary N) is 2. The van der Waals surface area contributed by atoms with Crippen LogP contribution in [0.1, 0.15) is 23.0 Å². The van der Waals surface area contributed by atoms with E-state index in [1.54, 1.807) is 31.3 Å². The summed E-state index contributed by atoms with van der Waals surface area (Å²) in [6, 6.07) is 7.68. The lowest BCUT2D eigenvalue weighted by molar-refractivity contribution is 0.0848. The van der Waals surface area contributed by atoms with Gasteiger partial charge in [-0.15, -0.1) is 0 Å². The molecule has 0 aliphatic carbocycles. The quantitative estimate of drug-likeness (QED) is 0.666. The first-order valence-electron chi connectivity index (χ1n) is 7.47. The fourth-order valence-corrected chi connectivity index (χ4v) is 2.58. The molecule has 1 unspecified atom stereocenters. The Labute approximate surface area is 137 Å². The molecule has 0 aliphatic heterocycles. The summed E-state index contributed by atoms with van der Waals surface area (Å²) in [5.74, 6) is -0.731. The molecule has 0 spiro atoms. The summed E-state index contributed by atoms with van der Waals surface area (Å²) >= 11 is 0. The smallest absolute Gasteiger partial charge is 0.271 e. The number of aromatic nitrogens is 3. The number of aliphatic hydroxyl groups excluding tert-OH is 1. The molecule has 0 saturated carbocycles. The lowest BCUT2D eigenvalue weighted by Gasteiger charge is -2.29. The molecule has 1 amide bonds. The maximum Gasteiger partial charge on any atom is 0.271 e. The van der Waals surface area contributed by atoms with Crippen LogP contribution in [0, 0.1) is 5.82 Å². The van der Waals surface area contributed by atoms with Gasteiger partial charge in [-0.05, 0) is 37.1 Å². The Balaban J connectivity index is 1.82. The first-order chi connectivity index (χ1) is 11.5. The number of H-pyrrole nitrogens is 1. The molecule has 3 aromatic rings. The van der Waals surface area contributed by atoms with E-state index in [0.29, 0.717) is 17.5 Å². The zero-order valence-corrected chi connectivity index (χ0v) is 13.1. The largest absolute Gasteiger partial charge is 0.394 e. The zero-order valence-electron chi connectivity index (χ0n) is 13.1. The fourth-order valence-electron chi connectivity index (χ4n) is 2.58. The molecule has 0 saturated heterocycles. The average molecular weight is 328 g/mol. The number of hydrogen-bond acceptors (Lipinski definition) is 4. The Bertz CT molecular complexity index is 862. The molecule has 1 aromatic carbocycles. The second-order valence-corrected chi connectivity index (χ2v) is 5.94. The number of fused-ring (bicyclic) bond motifs is 1. The number of rotatable bonds is 5. The van der Waals surface area contributed by atoms with Crippen LogP contribution in [0.3, 0.4) is 0 Å². The number of aliphatic hydroxyl groups is 1. The minimum absolute atomic E-state index is 0.236. The van der Waals surface area contributed by atoms with Crippen LogP contribution >= 0.6 is 0 Å². The molecule has 0 fully saturated rings. The van der Waals surface area contributed by atoms with E-state index in [-0.39, 0.29) is 18.1 Å². The van der Waals surface area contributed by atoms with Crippen molar-refractivity contribution in [2.24, 2.45) is 0 Å². The predicted octanol–water partition coefficient (Wildman–Crippen LogP) is 1.82. The summed E-state index contributed by atoms with van der Waals surface area (Å²) in [5, 5.41) is 13.2. The van der Waals surface area contributed by atoms with Crippen molar-refractivity contribution in [1.29, 1.82) is 0 Å². The number of benzene rings is 1. The molecular weight excluding hydrogens is 311 g/mol. The van der Waals surface area contributed by atoms with Crippen molar-refractivity contribution in [2.45, 2.75) is 18.9 Å². The summed E-state index contributed by atoms with van der Waals surface area (Å²) in [7, 11) is 0.